The van der Waals surface area contributed by atoms with Crippen LogP contribution in [0.2, 0.25) is 0 Å². The number of benzene rings is 3. The second-order valence-corrected chi connectivity index (χ2v) is 22.1. The Kier molecular flexibility index (Phi) is 24.8. The van der Waals surface area contributed by atoms with E-state index < -0.39 is 222 Å². The van der Waals surface area contributed by atoms with Crippen LogP contribution in [-0.2, 0) is 80.8 Å². The molecule has 32 nitrogen and oxygen atoms in total. The molecule has 92 heavy (non-hydrogen) atoms. The fraction of sp³-hybridized carbons (Fsp3) is 0.550. The van der Waals surface area contributed by atoms with Crippen molar-refractivity contribution in [1.82, 2.24) is 0 Å². The van der Waals surface area contributed by atoms with Gasteiger partial charge in [0.15, 0.2) is 37.4 Å². The van der Waals surface area contributed by atoms with Gasteiger partial charge in [-0.25, -0.2) is 14.4 Å². The quantitative estimate of drug-likeness (QED) is 0.0217. The molecule has 0 aliphatic carbocycles. The van der Waals surface area contributed by atoms with Crippen molar-refractivity contribution in [3.63, 3.8) is 0 Å². The molecule has 5 aliphatic rings. The van der Waals surface area contributed by atoms with E-state index in [0.717, 1.165) is 26.0 Å². The number of hydrogen-bond acceptors (Lipinski definition) is 32. The lowest BCUT2D eigenvalue weighted by atomic mass is 9.85. The molecule has 0 aromatic heterocycles. The molecule has 0 saturated carbocycles. The average Bonchev–Trinajstić information content (AvgIpc) is 1.40. The zero-order valence-corrected chi connectivity index (χ0v) is 49.2. The number of carbonyl (C=O) groups excluding carboxylic acids is 5. The van der Waals surface area contributed by atoms with Crippen LogP contribution in [0.15, 0.2) is 91.0 Å². The SMILES string of the molecule is CC(=O)C[C@@H]1[C@@H](O[C@@H]2O[C@H](CO)[C@H](O)[C@@H](O)[C@H]2O)[C@@H](O)[C@H](O[C@@H]2[C@@H](O[C@@H]3O[C@@H](CO)[C@@H](O)[C@H](O)[C@H]3O)[C@@H](O[C@@]3(COC(=O)/C=C/c4ccc(O)cc4)O[C@H](CO)[C@@H](O)[C@@H]3OC(=O)c3ccccc3)O[C@H](COC(C)=O)[C@H]2OC(=O)/C=C/c2ccc(O)cc2)O[C@@H]1CO. The minimum Gasteiger partial charge on any atom is -0.508 e. The van der Waals surface area contributed by atoms with Gasteiger partial charge in [-0.1, -0.05) is 42.5 Å². The van der Waals surface area contributed by atoms with Crippen LogP contribution in [0.25, 0.3) is 12.2 Å². The molecule has 5 aliphatic heterocycles. The fourth-order valence-corrected chi connectivity index (χ4v) is 10.8. The molecule has 14 N–H and O–H groups in total. The summed E-state index contributed by atoms with van der Waals surface area (Å²) in [6.45, 7) is -4.31. The van der Waals surface area contributed by atoms with Crippen molar-refractivity contribution in [1.29, 1.82) is 0 Å². The van der Waals surface area contributed by atoms with Gasteiger partial charge in [-0.15, -0.1) is 0 Å². The minimum atomic E-state index is -2.99. The Balaban J connectivity index is 1.30. The third-order valence-electron chi connectivity index (χ3n) is 15.6. The molecule has 3 aromatic carbocycles. The Morgan fingerprint density at radius 1 is 0.489 bits per heavy atom. The third kappa shape index (κ3) is 17.0. The van der Waals surface area contributed by atoms with Crippen LogP contribution < -0.4 is 0 Å². The normalized spacial score (nSPS) is 36.6. The monoisotopic (exact) mass is 1310 g/mol. The summed E-state index contributed by atoms with van der Waals surface area (Å²) >= 11 is 0. The van der Waals surface area contributed by atoms with Crippen molar-refractivity contribution in [2.45, 2.75) is 161 Å². The molecule has 0 amide bonds. The van der Waals surface area contributed by atoms with Gasteiger partial charge in [0, 0.05) is 31.4 Å². The smallest absolute Gasteiger partial charge is 0.338 e. The van der Waals surface area contributed by atoms with E-state index in [1.807, 2.05) is 0 Å². The number of carbonyl (C=O) groups is 5. The summed E-state index contributed by atoms with van der Waals surface area (Å²) in [5.41, 5.74) is 0.537. The van der Waals surface area contributed by atoms with Crippen LogP contribution in [0.1, 0.15) is 41.8 Å². The zero-order valence-electron chi connectivity index (χ0n) is 49.2. The van der Waals surface area contributed by atoms with E-state index in [-0.39, 0.29) is 17.1 Å². The molecule has 24 atom stereocenters. The summed E-state index contributed by atoms with van der Waals surface area (Å²) in [5, 5.41) is 153. The van der Waals surface area contributed by atoms with Crippen molar-refractivity contribution in [2.75, 3.05) is 39.6 Å². The first-order chi connectivity index (χ1) is 43.9. The first-order valence-electron chi connectivity index (χ1n) is 28.9. The fourth-order valence-electron chi connectivity index (χ4n) is 10.8. The highest BCUT2D eigenvalue weighted by Gasteiger charge is 2.64. The summed E-state index contributed by atoms with van der Waals surface area (Å²) in [7, 11) is 0. The summed E-state index contributed by atoms with van der Waals surface area (Å²) in [6.07, 6.45) is -42.7. The summed E-state index contributed by atoms with van der Waals surface area (Å²) in [6, 6.07) is 18.0. The number of aromatic hydroxyl groups is 2. The van der Waals surface area contributed by atoms with E-state index in [0.29, 0.717) is 11.1 Å². The predicted molar refractivity (Wildman–Crippen MR) is 301 cm³/mol. The van der Waals surface area contributed by atoms with Crippen LogP contribution in [-0.4, -0.2) is 282 Å². The summed E-state index contributed by atoms with van der Waals surface area (Å²) in [5.74, 6) is -9.92. The maximum atomic E-state index is 14.3. The Morgan fingerprint density at radius 2 is 0.978 bits per heavy atom. The Hall–Kier alpha value is -6.55. The third-order valence-corrected chi connectivity index (χ3v) is 15.6. The molecule has 506 valence electrons. The molecule has 5 heterocycles. The zero-order chi connectivity index (χ0) is 66.7. The first kappa shape index (κ1) is 71.3. The molecule has 5 saturated heterocycles. The number of esters is 4. The molecule has 0 spiro atoms. The number of phenolic OH excluding ortho intramolecular Hbond substituents is 2. The molecule has 0 bridgehead atoms. The number of Topliss-reactive ketones (excluding diaryl/α,β-unsaturated/α-hetero) is 1. The molecule has 32 heteroatoms. The van der Waals surface area contributed by atoms with Crippen molar-refractivity contribution >= 4 is 41.8 Å². The molecule has 0 radical (unpaired) electrons. The Bertz CT molecular complexity index is 2970. The van der Waals surface area contributed by atoms with Crippen molar-refractivity contribution in [3.8, 4) is 11.5 Å². The first-order valence-corrected chi connectivity index (χ1v) is 28.9. The molecule has 0 unspecified atom stereocenters. The Labute approximate surface area is 523 Å². The number of rotatable bonds is 25. The number of phenols is 2. The van der Waals surface area contributed by atoms with Gasteiger partial charge in [-0.05, 0) is 66.6 Å². The lowest BCUT2D eigenvalue weighted by Crippen LogP contribution is -2.69. The van der Waals surface area contributed by atoms with Gasteiger partial charge < -0.3 is 138 Å². The summed E-state index contributed by atoms with van der Waals surface area (Å²) in [4.78, 5) is 68.0. The van der Waals surface area contributed by atoms with Crippen LogP contribution in [0, 0.1) is 5.92 Å². The number of hydrogen-bond donors (Lipinski definition) is 14. The van der Waals surface area contributed by atoms with Gasteiger partial charge >= 0.3 is 23.9 Å². The van der Waals surface area contributed by atoms with Gasteiger partial charge in [0.05, 0.1) is 44.2 Å². The van der Waals surface area contributed by atoms with Crippen molar-refractivity contribution in [3.05, 3.63) is 108 Å². The van der Waals surface area contributed by atoms with Gasteiger partial charge in [0.25, 0.3) is 0 Å². The van der Waals surface area contributed by atoms with Gasteiger partial charge in [0.2, 0.25) is 5.79 Å². The van der Waals surface area contributed by atoms with Crippen LogP contribution >= 0.6 is 0 Å². The highest BCUT2D eigenvalue weighted by atomic mass is 16.8. The lowest BCUT2D eigenvalue weighted by Gasteiger charge is -2.51. The summed E-state index contributed by atoms with van der Waals surface area (Å²) < 4.78 is 79.2. The highest BCUT2D eigenvalue weighted by molar-refractivity contribution is 5.90. The Morgan fingerprint density at radius 3 is 1.50 bits per heavy atom. The lowest BCUT2D eigenvalue weighted by molar-refractivity contribution is -0.422. The standard InChI is InChI=1S/C60H74O32/c1-27(65)20-34-35(21-61)82-58(49(78)50(34)87-56-47(76)45(74)42(71)36(22-62)83-56)88-52-51(86-41(70)19-13-30-10-16-33(68)17-11-30)39(25-80-28(2)66)85-59(53(52)89-57-48(77)46(75)43(72)37(23-63)84-57)92-60(26-81-40(69)18-12-29-8-14-32(67)15-9-29)54(44(73)38(24-64)91-60)90-55(79)31-6-4-3-5-7-31/h3-19,34-39,42-54,56-59,61-64,67-68,71-78H,20-26H2,1-2H3/b18-12+,19-13+/t34-,35+,36+,37-,38+,39+,42-,43+,44+,45+,46-,47+,48+,49+,50+,51+,52-,53+,54-,56-,57-,58-,59+,60+/m0/s1. The van der Waals surface area contributed by atoms with Crippen molar-refractivity contribution in [2.24, 2.45) is 5.92 Å². The number of ether oxygens (including phenoxy) is 13. The van der Waals surface area contributed by atoms with E-state index in [9.17, 15) is 95.5 Å². The van der Waals surface area contributed by atoms with Crippen LogP contribution in [0.5, 0.6) is 11.5 Å². The van der Waals surface area contributed by atoms with Crippen LogP contribution in [0.3, 0.4) is 0 Å². The van der Waals surface area contributed by atoms with E-state index >= 15 is 0 Å². The average molecular weight is 1310 g/mol. The number of aliphatic hydroxyl groups excluding tert-OH is 12. The number of aliphatic hydroxyl groups is 12. The second-order valence-electron chi connectivity index (χ2n) is 22.1. The second kappa shape index (κ2) is 32.1. The molecular weight excluding hydrogens is 1230 g/mol. The van der Waals surface area contributed by atoms with Crippen molar-refractivity contribution < 1.29 is 157 Å². The molecule has 5 fully saturated rings. The molecule has 3 aromatic rings. The van der Waals surface area contributed by atoms with Crippen LogP contribution in [0.4, 0.5) is 0 Å². The predicted octanol–water partition coefficient (Wildman–Crippen LogP) is -4.31. The maximum absolute atomic E-state index is 14.3. The van der Waals surface area contributed by atoms with E-state index in [1.54, 1.807) is 6.07 Å². The van der Waals surface area contributed by atoms with E-state index in [1.165, 1.54) is 84.9 Å². The van der Waals surface area contributed by atoms with Gasteiger partial charge in [-0.3, -0.25) is 4.79 Å². The number of ketones is 1. The minimum absolute atomic E-state index is 0.108. The molecular formula is C60H74O32. The van der Waals surface area contributed by atoms with E-state index in [2.05, 4.69) is 0 Å². The van der Waals surface area contributed by atoms with Gasteiger partial charge in [-0.2, -0.15) is 0 Å². The largest absolute Gasteiger partial charge is 0.508 e. The van der Waals surface area contributed by atoms with Gasteiger partial charge in [0.1, 0.15) is 116 Å². The van der Waals surface area contributed by atoms with E-state index in [4.69, 9.17) is 61.6 Å². The maximum Gasteiger partial charge on any atom is 0.338 e. The molecule has 8 rings (SSSR count). The highest BCUT2D eigenvalue weighted by Crippen LogP contribution is 2.43. The topological polar surface area (TPSA) is 489 Å².